The van der Waals surface area contributed by atoms with Gasteiger partial charge >= 0.3 is 5.97 Å². The average molecular weight is 428 g/mol. The largest absolute Gasteiger partial charge is 0.481 e. The Morgan fingerprint density at radius 1 is 1.10 bits per heavy atom. The monoisotopic (exact) mass is 427 g/mol. The summed E-state index contributed by atoms with van der Waals surface area (Å²) >= 11 is 0. The maximum absolute atomic E-state index is 11.9. The smallest absolute Gasteiger partial charge is 0.303 e. The Labute approximate surface area is 192 Å². The molecule has 0 aromatic carbocycles. The van der Waals surface area contributed by atoms with Gasteiger partial charge in [-0.1, -0.05) is 34.0 Å². The van der Waals surface area contributed by atoms with Crippen molar-refractivity contribution >= 4 is 5.97 Å². The molecule has 4 aliphatic rings. The van der Waals surface area contributed by atoms with E-state index in [-0.39, 0.29) is 41.4 Å². The molecule has 4 rings (SSSR count). The van der Waals surface area contributed by atoms with Gasteiger partial charge in [0.2, 0.25) is 0 Å². The van der Waals surface area contributed by atoms with Crippen LogP contribution in [0.25, 0.3) is 0 Å². The lowest BCUT2D eigenvalue weighted by molar-refractivity contribution is -0.203. The summed E-state index contributed by atoms with van der Waals surface area (Å²) in [6.45, 7) is 3.28. The van der Waals surface area contributed by atoms with Crippen LogP contribution >= 0.6 is 0 Å². The third kappa shape index (κ3) is 3.36. The maximum atomic E-state index is 11.9. The van der Waals surface area contributed by atoms with E-state index in [2.05, 4.69) is 13.8 Å². The van der Waals surface area contributed by atoms with Gasteiger partial charge in [-0.05, 0) is 104 Å². The van der Waals surface area contributed by atoms with Crippen LogP contribution in [0.5, 0.6) is 0 Å². The Morgan fingerprint density at radius 3 is 2.50 bits per heavy atom. The molecule has 3 N–H and O–H groups in total. The molecule has 4 aliphatic carbocycles. The Morgan fingerprint density at radius 2 is 1.80 bits per heavy atom. The average Bonchev–Trinajstić information content (AvgIpc) is 3.11. The molecule has 0 saturated heterocycles. The van der Waals surface area contributed by atoms with Gasteiger partial charge in [0.15, 0.2) is 0 Å². The summed E-state index contributed by atoms with van der Waals surface area (Å²) in [5.74, 6) is -3.32. The number of carboxylic acid groups (broad SMARTS) is 1. The Hall–Kier alpha value is -0.610. The second-order valence-electron chi connectivity index (χ2n) is 11.4. The van der Waals surface area contributed by atoms with Crippen molar-refractivity contribution in [1.29, 1.82) is 0 Å². The summed E-state index contributed by atoms with van der Waals surface area (Å²) in [6, 6.07) is 0. The van der Waals surface area contributed by atoms with E-state index in [0.29, 0.717) is 19.3 Å². The third-order valence-electron chi connectivity index (χ3n) is 10.3. The fourth-order valence-electron chi connectivity index (χ4n) is 8.83. The fourth-order valence-corrected chi connectivity index (χ4v) is 8.83. The molecule has 4 heteroatoms. The standard InChI is InChI=1S/C26H44O4/c1-5-17-21-14-16(27)10-12-26(21,4)20-11-13-25(3)18(15(2)6-9-22(28)29)7-8-19(25)23(20)24(17)30/h15-21,23-24,27,30H,5-14H2,1-4H3,(H,28,29)/t15-,16-,17-,18-,19+,20+,21+,23+,24-,25-,26-/m1/s1/i1D3,5D2,9D2. The van der Waals surface area contributed by atoms with Crippen LogP contribution in [-0.4, -0.2) is 33.5 Å². The molecular weight excluding hydrogens is 376 g/mol. The predicted molar refractivity (Wildman–Crippen MR) is 118 cm³/mol. The van der Waals surface area contributed by atoms with Crippen LogP contribution in [0.2, 0.25) is 0 Å². The van der Waals surface area contributed by atoms with Crippen molar-refractivity contribution in [2.45, 2.75) is 104 Å². The molecule has 0 unspecified atom stereocenters. The zero-order valence-electron chi connectivity index (χ0n) is 25.6. The highest BCUT2D eigenvalue weighted by Crippen LogP contribution is 2.69. The highest BCUT2D eigenvalue weighted by atomic mass is 16.4. The van der Waals surface area contributed by atoms with Crippen molar-refractivity contribution in [1.82, 2.24) is 0 Å². The van der Waals surface area contributed by atoms with E-state index in [1.807, 2.05) is 6.92 Å². The van der Waals surface area contributed by atoms with Crippen molar-refractivity contribution in [2.24, 2.45) is 52.3 Å². The molecule has 4 saturated carbocycles. The van der Waals surface area contributed by atoms with Crippen LogP contribution in [0.3, 0.4) is 0 Å². The lowest BCUT2D eigenvalue weighted by atomic mass is 9.41. The lowest BCUT2D eigenvalue weighted by Gasteiger charge is -2.64. The van der Waals surface area contributed by atoms with Crippen molar-refractivity contribution < 1.29 is 29.7 Å². The predicted octanol–water partition coefficient (Wildman–Crippen LogP) is 5.11. The van der Waals surface area contributed by atoms with Gasteiger partial charge in [0.1, 0.15) is 0 Å². The van der Waals surface area contributed by atoms with Crippen molar-refractivity contribution in [3.8, 4) is 0 Å². The first-order chi connectivity index (χ1) is 16.8. The summed E-state index contributed by atoms with van der Waals surface area (Å²) in [5, 5.41) is 31.8. The zero-order valence-corrected chi connectivity index (χ0v) is 18.6. The number of rotatable bonds is 5. The molecule has 0 aliphatic heterocycles. The van der Waals surface area contributed by atoms with Gasteiger partial charge in [-0.2, -0.15) is 0 Å². The molecule has 0 spiro atoms. The number of hydrogen-bond donors (Lipinski definition) is 3. The first kappa shape index (κ1) is 15.3. The van der Waals surface area contributed by atoms with Crippen LogP contribution in [0.1, 0.15) is 101 Å². The number of hydrogen-bond acceptors (Lipinski definition) is 3. The van der Waals surface area contributed by atoms with E-state index in [1.54, 1.807) is 0 Å². The van der Waals surface area contributed by atoms with Gasteiger partial charge in [0.05, 0.1) is 12.2 Å². The Bertz CT molecular complexity index is 895. The molecule has 172 valence electrons. The molecule has 0 radical (unpaired) electrons. The second-order valence-corrected chi connectivity index (χ2v) is 11.4. The van der Waals surface area contributed by atoms with Gasteiger partial charge in [-0.3, -0.25) is 4.79 Å². The lowest BCUT2D eigenvalue weighted by Crippen LogP contribution is -2.62. The number of fused-ring (bicyclic) bond motifs is 5. The second kappa shape index (κ2) is 8.06. The first-order valence-electron chi connectivity index (χ1n) is 15.4. The van der Waals surface area contributed by atoms with Crippen LogP contribution in [0.15, 0.2) is 0 Å². The normalized spacial score (nSPS) is 56.4. The number of aliphatic hydroxyl groups excluding tert-OH is 2. The number of carboxylic acids is 1. The minimum atomic E-state index is -2.91. The molecule has 30 heavy (non-hydrogen) atoms. The Balaban J connectivity index is 1.72. The quantitative estimate of drug-likeness (QED) is 0.569. The summed E-state index contributed by atoms with van der Waals surface area (Å²) in [6.07, 6.45) is -2.05. The van der Waals surface area contributed by atoms with Crippen LogP contribution < -0.4 is 0 Å². The molecule has 4 nitrogen and oxygen atoms in total. The van der Waals surface area contributed by atoms with Crippen LogP contribution in [0.4, 0.5) is 0 Å². The number of aliphatic carboxylic acids is 1. The fraction of sp³-hybridized carbons (Fsp3) is 0.962. The van der Waals surface area contributed by atoms with Gasteiger partial charge in [-0.15, -0.1) is 0 Å². The van der Waals surface area contributed by atoms with Crippen molar-refractivity contribution in [2.75, 3.05) is 0 Å². The van der Waals surface area contributed by atoms with Gasteiger partial charge in [-0.25, -0.2) is 0 Å². The van der Waals surface area contributed by atoms with Crippen molar-refractivity contribution in [3.05, 3.63) is 0 Å². The molecule has 11 atom stereocenters. The SMILES string of the molecule is [2H]C([2H])(C[C@@H](C)[C@H]1CC[C@H]2[C@@H]3[C@H](O)[C@H](C([2H])([2H])C([2H])([2H])[2H])[C@@H]4C[C@H](O)CC[C@]4(C)[C@H]3CC[C@]12C)C(=O)O. The molecule has 0 amide bonds. The molecule has 0 heterocycles. The minimum absolute atomic E-state index is 0.0175. The number of aliphatic hydroxyl groups is 2. The van der Waals surface area contributed by atoms with E-state index in [9.17, 15) is 20.1 Å². The molecular formula is C26H44O4. The van der Waals surface area contributed by atoms with Gasteiger partial charge < -0.3 is 15.3 Å². The molecule has 0 aromatic heterocycles. The summed E-state index contributed by atoms with van der Waals surface area (Å²) in [7, 11) is 0. The van der Waals surface area contributed by atoms with Crippen LogP contribution in [-0.2, 0) is 4.79 Å². The van der Waals surface area contributed by atoms with Gasteiger partial charge in [0.25, 0.3) is 0 Å². The molecule has 0 aromatic rings. The highest BCUT2D eigenvalue weighted by molar-refractivity contribution is 5.66. The van der Waals surface area contributed by atoms with E-state index in [4.69, 9.17) is 9.60 Å². The maximum Gasteiger partial charge on any atom is 0.303 e. The van der Waals surface area contributed by atoms with E-state index < -0.39 is 55.0 Å². The molecule has 0 bridgehead atoms. The first-order valence-corrected chi connectivity index (χ1v) is 11.9. The minimum Gasteiger partial charge on any atom is -0.481 e. The summed E-state index contributed by atoms with van der Waals surface area (Å²) < 4.78 is 57.4. The van der Waals surface area contributed by atoms with Crippen molar-refractivity contribution in [3.63, 3.8) is 0 Å². The third-order valence-corrected chi connectivity index (χ3v) is 10.3. The van der Waals surface area contributed by atoms with E-state index in [1.165, 1.54) is 0 Å². The van der Waals surface area contributed by atoms with E-state index in [0.717, 1.165) is 25.7 Å². The van der Waals surface area contributed by atoms with E-state index >= 15 is 0 Å². The molecule has 4 fully saturated rings. The highest BCUT2D eigenvalue weighted by Gasteiger charge is 2.64. The zero-order chi connectivity index (χ0) is 27.9. The van der Waals surface area contributed by atoms with Crippen LogP contribution in [0, 0.1) is 52.3 Å². The Kier molecular flexibility index (Phi) is 4.10. The summed E-state index contributed by atoms with van der Waals surface area (Å²) in [4.78, 5) is 11.5. The topological polar surface area (TPSA) is 77.8 Å². The van der Waals surface area contributed by atoms with Gasteiger partial charge in [0, 0.05) is 16.0 Å². The number of carbonyl (C=O) groups is 1. The summed E-state index contributed by atoms with van der Waals surface area (Å²) in [5.41, 5.74) is -0.664.